The molecule has 0 atom stereocenters. The van der Waals surface area contributed by atoms with Crippen molar-refractivity contribution in [1.82, 2.24) is 14.8 Å². The highest BCUT2D eigenvalue weighted by atomic mass is 16.5. The highest BCUT2D eigenvalue weighted by Gasteiger charge is 2.10. The van der Waals surface area contributed by atoms with E-state index >= 15 is 0 Å². The normalized spacial score (nSPS) is 11.0. The van der Waals surface area contributed by atoms with E-state index in [1.165, 1.54) is 11.6 Å². The summed E-state index contributed by atoms with van der Waals surface area (Å²) in [5, 5.41) is 3.71. The molecule has 158 valence electrons. The number of nitrogens with one attached hydrogen (secondary N) is 1. The lowest BCUT2D eigenvalue weighted by molar-refractivity contribution is -0.123. The molecule has 0 radical (unpaired) electrons. The Morgan fingerprint density at radius 2 is 1.83 bits per heavy atom. The maximum absolute atomic E-state index is 12.2. The molecular weight excluding hydrogens is 378 g/mol. The van der Waals surface area contributed by atoms with Crippen molar-refractivity contribution in [3.05, 3.63) is 76.6 Å². The van der Waals surface area contributed by atoms with Gasteiger partial charge in [-0.05, 0) is 30.7 Å². The Labute approximate surface area is 177 Å². The summed E-state index contributed by atoms with van der Waals surface area (Å²) in [6.07, 6.45) is 0.862. The van der Waals surface area contributed by atoms with Crippen LogP contribution in [0, 0.1) is 0 Å². The van der Waals surface area contributed by atoms with Crippen molar-refractivity contribution in [1.29, 1.82) is 0 Å². The first-order valence-corrected chi connectivity index (χ1v) is 10.3. The summed E-state index contributed by atoms with van der Waals surface area (Å²) in [6.45, 7) is 5.39. The molecule has 0 aliphatic carbocycles. The van der Waals surface area contributed by atoms with E-state index in [-0.39, 0.29) is 18.1 Å². The number of rotatable bonds is 10. The predicted molar refractivity (Wildman–Crippen MR) is 120 cm³/mol. The van der Waals surface area contributed by atoms with Gasteiger partial charge in [-0.3, -0.25) is 14.5 Å². The average Bonchev–Trinajstić information content (AvgIpc) is 2.78. The summed E-state index contributed by atoms with van der Waals surface area (Å²) in [6, 6.07) is 19.3. The Morgan fingerprint density at radius 3 is 2.60 bits per heavy atom. The molecule has 1 amide bonds. The molecule has 6 nitrogen and oxygen atoms in total. The number of amides is 1. The summed E-state index contributed by atoms with van der Waals surface area (Å²) in [7, 11) is 1.72. The lowest BCUT2D eigenvalue weighted by Crippen LogP contribution is -2.32. The Morgan fingerprint density at radius 1 is 1.10 bits per heavy atom. The predicted octanol–water partition coefficient (Wildman–Crippen LogP) is 2.95. The van der Waals surface area contributed by atoms with Gasteiger partial charge in [-0.1, -0.05) is 49.4 Å². The Hall–Kier alpha value is -3.12. The van der Waals surface area contributed by atoms with Crippen LogP contribution in [0.5, 0.6) is 5.75 Å². The Balaban J connectivity index is 1.45. The minimum Gasteiger partial charge on any atom is -0.483 e. The van der Waals surface area contributed by atoms with Crippen LogP contribution in [0.3, 0.4) is 0 Å². The maximum atomic E-state index is 12.2. The number of carbonyl (C=O) groups is 1. The minimum absolute atomic E-state index is 0.112. The fraction of sp³-hybridized carbons (Fsp3) is 0.333. The molecule has 3 aromatic rings. The number of ether oxygens (including phenoxy) is 1. The molecule has 2 aromatic carbocycles. The van der Waals surface area contributed by atoms with Crippen LogP contribution in [0.15, 0.2) is 65.5 Å². The van der Waals surface area contributed by atoms with Crippen LogP contribution < -0.4 is 15.6 Å². The van der Waals surface area contributed by atoms with Gasteiger partial charge in [0.15, 0.2) is 6.61 Å². The van der Waals surface area contributed by atoms with E-state index in [0.29, 0.717) is 12.3 Å². The van der Waals surface area contributed by atoms with Crippen molar-refractivity contribution in [2.24, 2.45) is 7.05 Å². The summed E-state index contributed by atoms with van der Waals surface area (Å²) in [4.78, 5) is 26.6. The number of carbonyl (C=O) groups excluding carboxylic acids is 1. The van der Waals surface area contributed by atoms with Crippen LogP contribution in [0.1, 0.15) is 18.9 Å². The lowest BCUT2D eigenvalue weighted by Gasteiger charge is -2.20. The van der Waals surface area contributed by atoms with E-state index in [9.17, 15) is 9.59 Å². The zero-order valence-electron chi connectivity index (χ0n) is 17.6. The van der Waals surface area contributed by atoms with E-state index < -0.39 is 0 Å². The second-order valence-electron chi connectivity index (χ2n) is 7.27. The molecule has 3 rings (SSSR count). The molecule has 30 heavy (non-hydrogen) atoms. The van der Waals surface area contributed by atoms with Gasteiger partial charge in [0.05, 0.1) is 5.52 Å². The Bertz CT molecular complexity index is 1030. The number of hydrogen-bond acceptors (Lipinski definition) is 4. The van der Waals surface area contributed by atoms with Crippen LogP contribution in [-0.4, -0.2) is 41.6 Å². The molecule has 0 fully saturated rings. The first-order valence-electron chi connectivity index (χ1n) is 10.3. The van der Waals surface area contributed by atoms with Gasteiger partial charge in [-0.15, -0.1) is 0 Å². The summed E-state index contributed by atoms with van der Waals surface area (Å²) in [5.74, 6) is 0.245. The van der Waals surface area contributed by atoms with Crippen LogP contribution in [0.2, 0.25) is 0 Å². The molecule has 0 spiro atoms. The highest BCUT2D eigenvalue weighted by molar-refractivity contribution is 5.86. The van der Waals surface area contributed by atoms with Crippen molar-refractivity contribution >= 4 is 16.8 Å². The van der Waals surface area contributed by atoms with Gasteiger partial charge in [-0.2, -0.15) is 0 Å². The molecule has 1 aromatic heterocycles. The van der Waals surface area contributed by atoms with Crippen LogP contribution in [0.4, 0.5) is 0 Å². The quantitative estimate of drug-likeness (QED) is 0.525. The van der Waals surface area contributed by atoms with Gasteiger partial charge in [0.25, 0.3) is 11.5 Å². The van der Waals surface area contributed by atoms with Gasteiger partial charge in [-0.25, -0.2) is 0 Å². The second-order valence-corrected chi connectivity index (χ2v) is 7.27. The van der Waals surface area contributed by atoms with E-state index in [2.05, 4.69) is 41.4 Å². The molecule has 0 aliphatic rings. The van der Waals surface area contributed by atoms with E-state index in [1.54, 1.807) is 11.6 Å². The fourth-order valence-corrected chi connectivity index (χ4v) is 3.41. The number of nitrogens with zero attached hydrogens (tertiary/aromatic N) is 2. The first kappa shape index (κ1) is 21.6. The van der Waals surface area contributed by atoms with Crippen molar-refractivity contribution in [3.8, 4) is 5.75 Å². The zero-order chi connectivity index (χ0) is 21.3. The highest BCUT2D eigenvalue weighted by Crippen LogP contribution is 2.22. The summed E-state index contributed by atoms with van der Waals surface area (Å²) < 4.78 is 7.23. The fourth-order valence-electron chi connectivity index (χ4n) is 3.41. The third-order valence-electron chi connectivity index (χ3n) is 5.14. The number of aromatic nitrogens is 1. The number of hydrogen-bond donors (Lipinski definition) is 1. The van der Waals surface area contributed by atoms with Crippen molar-refractivity contribution in [2.75, 3.05) is 26.2 Å². The van der Waals surface area contributed by atoms with Crippen LogP contribution >= 0.6 is 0 Å². The molecule has 0 saturated heterocycles. The number of benzene rings is 2. The lowest BCUT2D eigenvalue weighted by atomic mass is 10.2. The molecule has 1 heterocycles. The number of fused-ring (bicyclic) bond motifs is 1. The molecule has 6 heteroatoms. The number of pyridine rings is 1. The van der Waals surface area contributed by atoms with Crippen LogP contribution in [0.25, 0.3) is 10.9 Å². The molecule has 0 aliphatic heterocycles. The third kappa shape index (κ3) is 5.70. The van der Waals surface area contributed by atoms with Gasteiger partial charge in [0.2, 0.25) is 0 Å². The van der Waals surface area contributed by atoms with Gasteiger partial charge >= 0.3 is 0 Å². The van der Waals surface area contributed by atoms with Crippen molar-refractivity contribution in [2.45, 2.75) is 19.9 Å². The SMILES string of the molecule is CCN(CCCNC(=O)COc1cc(=O)n(C)c2ccccc12)Cc1ccccc1. The van der Waals surface area contributed by atoms with E-state index in [0.717, 1.165) is 37.0 Å². The number of aryl methyl sites for hydroxylation is 1. The molecule has 0 saturated carbocycles. The number of para-hydroxylation sites is 1. The van der Waals surface area contributed by atoms with Gasteiger partial charge < -0.3 is 14.6 Å². The third-order valence-corrected chi connectivity index (χ3v) is 5.14. The largest absolute Gasteiger partial charge is 0.483 e. The molecular formula is C24H29N3O3. The summed E-state index contributed by atoms with van der Waals surface area (Å²) in [5.41, 5.74) is 1.90. The van der Waals surface area contributed by atoms with Gasteiger partial charge in [0, 0.05) is 38.1 Å². The second kappa shape index (κ2) is 10.6. The van der Waals surface area contributed by atoms with E-state index in [4.69, 9.17) is 4.74 Å². The minimum atomic E-state index is -0.189. The topological polar surface area (TPSA) is 63.6 Å². The Kier molecular flexibility index (Phi) is 7.63. The average molecular weight is 408 g/mol. The molecule has 0 bridgehead atoms. The smallest absolute Gasteiger partial charge is 0.257 e. The zero-order valence-corrected chi connectivity index (χ0v) is 17.6. The van der Waals surface area contributed by atoms with Crippen molar-refractivity contribution in [3.63, 3.8) is 0 Å². The van der Waals surface area contributed by atoms with Gasteiger partial charge in [0.1, 0.15) is 5.75 Å². The van der Waals surface area contributed by atoms with E-state index in [1.807, 2.05) is 30.3 Å². The first-order chi connectivity index (χ1) is 14.6. The molecule has 0 unspecified atom stereocenters. The monoisotopic (exact) mass is 407 g/mol. The summed E-state index contributed by atoms with van der Waals surface area (Å²) >= 11 is 0. The molecule has 1 N–H and O–H groups in total. The van der Waals surface area contributed by atoms with Crippen molar-refractivity contribution < 1.29 is 9.53 Å². The standard InChI is InChI=1S/C24H29N3O3/c1-3-27(17-19-10-5-4-6-11-19)15-9-14-25-23(28)18-30-22-16-24(29)26(2)21-13-8-7-12-20(21)22/h4-8,10-13,16H,3,9,14-15,17-18H2,1-2H3,(H,25,28). The maximum Gasteiger partial charge on any atom is 0.257 e. The van der Waals surface area contributed by atoms with Crippen LogP contribution in [-0.2, 0) is 18.4 Å².